The van der Waals surface area contributed by atoms with Crippen molar-refractivity contribution in [2.45, 2.75) is 26.3 Å². The Morgan fingerprint density at radius 1 is 0.833 bits per heavy atom. The summed E-state index contributed by atoms with van der Waals surface area (Å²) in [7, 11) is 7.15. The van der Waals surface area contributed by atoms with E-state index in [9.17, 15) is 9.59 Å². The van der Waals surface area contributed by atoms with Crippen molar-refractivity contribution in [3.05, 3.63) is 12.2 Å². The second-order valence-corrected chi connectivity index (χ2v) is 4.33. The van der Waals surface area contributed by atoms with Crippen molar-refractivity contribution >= 4 is 11.9 Å². The third kappa shape index (κ3) is 7.03. The molecule has 0 spiro atoms. The van der Waals surface area contributed by atoms with Gasteiger partial charge in [-0.15, -0.1) is 0 Å². The van der Waals surface area contributed by atoms with Gasteiger partial charge in [0, 0.05) is 12.2 Å². The van der Waals surface area contributed by atoms with Gasteiger partial charge in [0.1, 0.15) is 0 Å². The zero-order valence-corrected chi connectivity index (χ0v) is 11.8. The van der Waals surface area contributed by atoms with Crippen LogP contribution < -0.4 is 0 Å². The molecule has 6 nitrogen and oxygen atoms in total. The first-order chi connectivity index (χ1) is 8.23. The molecule has 6 heteroatoms. The van der Waals surface area contributed by atoms with Crippen LogP contribution in [0.4, 0.5) is 0 Å². The molecule has 0 fully saturated rings. The van der Waals surface area contributed by atoms with Crippen molar-refractivity contribution in [1.82, 2.24) is 9.80 Å². The van der Waals surface area contributed by atoms with Crippen LogP contribution in [0.3, 0.4) is 0 Å². The van der Waals surface area contributed by atoms with E-state index in [0.717, 1.165) is 12.2 Å². The Balaban J connectivity index is 4.15. The number of esters is 2. The van der Waals surface area contributed by atoms with Crippen LogP contribution in [0.2, 0.25) is 0 Å². The van der Waals surface area contributed by atoms with E-state index in [0.29, 0.717) is 0 Å². The van der Waals surface area contributed by atoms with Gasteiger partial charge in [0.2, 0.25) is 0 Å². The molecular formula is C12H22N2O4. The van der Waals surface area contributed by atoms with Gasteiger partial charge in [-0.3, -0.25) is 9.80 Å². The molecule has 0 radical (unpaired) electrons. The third-order valence-corrected chi connectivity index (χ3v) is 2.38. The quantitative estimate of drug-likeness (QED) is 0.391. The number of carbonyl (C=O) groups excluding carboxylic acids is 2. The average Bonchev–Trinajstić information content (AvgIpc) is 2.25. The molecule has 0 heterocycles. The number of ether oxygens (including phenoxy) is 2. The van der Waals surface area contributed by atoms with E-state index < -0.39 is 11.9 Å². The molecule has 0 aromatic heterocycles. The van der Waals surface area contributed by atoms with Crippen LogP contribution in [0, 0.1) is 0 Å². The predicted octanol–water partition coefficient (Wildman–Crippen LogP) is 0.444. The van der Waals surface area contributed by atoms with E-state index in [1.807, 2.05) is 0 Å². The lowest BCUT2D eigenvalue weighted by atomic mass is 10.5. The second kappa shape index (κ2) is 7.84. The number of carbonyl (C=O) groups is 2. The summed E-state index contributed by atoms with van der Waals surface area (Å²) in [5.74, 6) is -1.16. The van der Waals surface area contributed by atoms with Crippen molar-refractivity contribution in [1.29, 1.82) is 0 Å². The SMILES string of the molecule is CC(OC(=O)/C=C/C(=O)OC(C)N(C)C)N(C)C. The normalized spacial score (nSPS) is 14.9. The molecule has 0 aliphatic rings. The van der Waals surface area contributed by atoms with E-state index in [2.05, 4.69) is 0 Å². The summed E-state index contributed by atoms with van der Waals surface area (Å²) in [4.78, 5) is 26.1. The topological polar surface area (TPSA) is 59.1 Å². The number of hydrogen-bond donors (Lipinski definition) is 0. The Hall–Kier alpha value is -1.40. The van der Waals surface area contributed by atoms with Gasteiger partial charge in [-0.2, -0.15) is 0 Å². The molecule has 0 aromatic rings. The van der Waals surface area contributed by atoms with Gasteiger partial charge in [-0.05, 0) is 42.0 Å². The third-order valence-electron chi connectivity index (χ3n) is 2.38. The average molecular weight is 258 g/mol. The Kier molecular flexibility index (Phi) is 7.23. The van der Waals surface area contributed by atoms with Crippen molar-refractivity contribution in [3.8, 4) is 0 Å². The molecule has 2 atom stereocenters. The number of hydrogen-bond acceptors (Lipinski definition) is 6. The van der Waals surface area contributed by atoms with Gasteiger partial charge >= 0.3 is 11.9 Å². The molecule has 0 bridgehead atoms. The van der Waals surface area contributed by atoms with Gasteiger partial charge in [0.15, 0.2) is 12.5 Å². The molecule has 0 saturated heterocycles. The summed E-state index contributed by atoms with van der Waals surface area (Å²) in [6.07, 6.45) is 1.42. The Morgan fingerprint density at radius 3 is 1.33 bits per heavy atom. The molecule has 0 amide bonds. The summed E-state index contributed by atoms with van der Waals surface area (Å²) in [6, 6.07) is 0. The fourth-order valence-electron chi connectivity index (χ4n) is 0.762. The molecule has 0 aliphatic heterocycles. The molecular weight excluding hydrogens is 236 g/mol. The minimum absolute atomic E-state index is 0.348. The zero-order valence-electron chi connectivity index (χ0n) is 11.8. The summed E-state index contributed by atoms with van der Waals surface area (Å²) in [5, 5.41) is 0. The number of nitrogens with zero attached hydrogens (tertiary/aromatic N) is 2. The Labute approximate surface area is 108 Å². The number of rotatable bonds is 6. The van der Waals surface area contributed by atoms with Gasteiger partial charge in [0.25, 0.3) is 0 Å². The lowest BCUT2D eigenvalue weighted by molar-refractivity contribution is -0.152. The van der Waals surface area contributed by atoms with Gasteiger partial charge in [-0.25, -0.2) is 9.59 Å². The van der Waals surface area contributed by atoms with E-state index in [4.69, 9.17) is 9.47 Å². The van der Waals surface area contributed by atoms with Crippen LogP contribution in [0.1, 0.15) is 13.8 Å². The van der Waals surface area contributed by atoms with Gasteiger partial charge < -0.3 is 9.47 Å². The lowest BCUT2D eigenvalue weighted by Crippen LogP contribution is -2.30. The molecule has 0 rings (SSSR count). The molecule has 2 unspecified atom stereocenters. The Bertz CT molecular complexity index is 283. The highest BCUT2D eigenvalue weighted by molar-refractivity contribution is 5.91. The fraction of sp³-hybridized carbons (Fsp3) is 0.667. The predicted molar refractivity (Wildman–Crippen MR) is 67.6 cm³/mol. The highest BCUT2D eigenvalue weighted by Gasteiger charge is 2.11. The van der Waals surface area contributed by atoms with Crippen LogP contribution in [0.15, 0.2) is 12.2 Å². The zero-order chi connectivity index (χ0) is 14.3. The van der Waals surface area contributed by atoms with Crippen molar-refractivity contribution in [2.24, 2.45) is 0 Å². The van der Waals surface area contributed by atoms with Crippen LogP contribution in [0.5, 0.6) is 0 Å². The van der Waals surface area contributed by atoms with Crippen LogP contribution in [-0.4, -0.2) is 62.4 Å². The molecule has 18 heavy (non-hydrogen) atoms. The minimum atomic E-state index is -0.578. The first-order valence-electron chi connectivity index (χ1n) is 5.66. The van der Waals surface area contributed by atoms with Crippen molar-refractivity contribution < 1.29 is 19.1 Å². The smallest absolute Gasteiger partial charge is 0.332 e. The van der Waals surface area contributed by atoms with E-state index in [1.165, 1.54) is 0 Å². The largest absolute Gasteiger partial charge is 0.443 e. The van der Waals surface area contributed by atoms with Crippen LogP contribution in [-0.2, 0) is 19.1 Å². The summed E-state index contributed by atoms with van der Waals surface area (Å²) in [5.41, 5.74) is 0. The van der Waals surface area contributed by atoms with Crippen LogP contribution >= 0.6 is 0 Å². The summed E-state index contributed by atoms with van der Waals surface area (Å²) < 4.78 is 9.99. The molecule has 0 aromatic carbocycles. The maximum Gasteiger partial charge on any atom is 0.332 e. The fourth-order valence-corrected chi connectivity index (χ4v) is 0.762. The summed E-state index contributed by atoms with van der Waals surface area (Å²) in [6.45, 7) is 3.47. The summed E-state index contributed by atoms with van der Waals surface area (Å²) >= 11 is 0. The minimum Gasteiger partial charge on any atom is -0.443 e. The lowest BCUT2D eigenvalue weighted by Gasteiger charge is -2.19. The van der Waals surface area contributed by atoms with E-state index >= 15 is 0 Å². The highest BCUT2D eigenvalue weighted by atomic mass is 16.6. The van der Waals surface area contributed by atoms with Crippen LogP contribution in [0.25, 0.3) is 0 Å². The Morgan fingerprint density at radius 2 is 1.11 bits per heavy atom. The van der Waals surface area contributed by atoms with Gasteiger partial charge in [-0.1, -0.05) is 0 Å². The highest BCUT2D eigenvalue weighted by Crippen LogP contribution is 1.98. The first kappa shape index (κ1) is 16.6. The van der Waals surface area contributed by atoms with Crippen molar-refractivity contribution in [3.63, 3.8) is 0 Å². The molecule has 0 saturated carbocycles. The second-order valence-electron chi connectivity index (χ2n) is 4.33. The van der Waals surface area contributed by atoms with E-state index in [1.54, 1.807) is 51.8 Å². The maximum absolute atomic E-state index is 11.3. The standard InChI is InChI=1S/C12H22N2O4/c1-9(13(3)4)17-11(15)7-8-12(16)18-10(2)14(5)6/h7-10H,1-6H3/b8-7+. The molecule has 104 valence electrons. The first-order valence-corrected chi connectivity index (χ1v) is 5.66. The van der Waals surface area contributed by atoms with Crippen molar-refractivity contribution in [2.75, 3.05) is 28.2 Å². The van der Waals surface area contributed by atoms with Gasteiger partial charge in [0.05, 0.1) is 0 Å². The monoisotopic (exact) mass is 258 g/mol. The molecule has 0 N–H and O–H groups in total. The van der Waals surface area contributed by atoms with E-state index in [-0.39, 0.29) is 12.5 Å². The molecule has 0 aliphatic carbocycles. The maximum atomic E-state index is 11.3.